The molecule has 2 atom stereocenters. The zero-order valence-electron chi connectivity index (χ0n) is 13.5. The van der Waals surface area contributed by atoms with Crippen LogP contribution in [0.3, 0.4) is 0 Å². The number of likely N-dealkylation sites (tertiary alicyclic amines) is 1. The predicted octanol–water partition coefficient (Wildman–Crippen LogP) is 2.13. The van der Waals surface area contributed by atoms with E-state index in [-0.39, 0.29) is 11.9 Å². The van der Waals surface area contributed by atoms with E-state index in [2.05, 4.69) is 31.0 Å². The minimum Gasteiger partial charge on any atom is -0.353 e. The van der Waals surface area contributed by atoms with Gasteiger partial charge in [0, 0.05) is 18.6 Å². The first-order valence-corrected chi connectivity index (χ1v) is 8.26. The maximum atomic E-state index is 12.1. The van der Waals surface area contributed by atoms with Crippen molar-refractivity contribution in [1.29, 1.82) is 0 Å². The Morgan fingerprint density at radius 2 is 2.05 bits per heavy atom. The number of nitrogens with zero attached hydrogens (tertiary/aromatic N) is 1. The van der Waals surface area contributed by atoms with E-state index in [4.69, 9.17) is 5.73 Å². The second-order valence-electron chi connectivity index (χ2n) is 6.65. The Labute approximate surface area is 124 Å². The normalized spacial score (nSPS) is 21.9. The van der Waals surface area contributed by atoms with Crippen LogP contribution in [0.1, 0.15) is 59.3 Å². The molecule has 1 heterocycles. The first kappa shape index (κ1) is 17.4. The zero-order valence-corrected chi connectivity index (χ0v) is 13.5. The Hall–Kier alpha value is -0.610. The molecule has 0 aromatic rings. The number of hydrogen-bond donors (Lipinski definition) is 2. The maximum absolute atomic E-state index is 12.1. The van der Waals surface area contributed by atoms with Crippen LogP contribution >= 0.6 is 0 Å². The van der Waals surface area contributed by atoms with Crippen molar-refractivity contribution in [3.8, 4) is 0 Å². The summed E-state index contributed by atoms with van der Waals surface area (Å²) in [5.41, 5.74) is 5.79. The van der Waals surface area contributed by atoms with Gasteiger partial charge in [-0.2, -0.15) is 0 Å². The average molecular weight is 283 g/mol. The van der Waals surface area contributed by atoms with Crippen molar-refractivity contribution in [3.05, 3.63) is 0 Å². The molecule has 0 spiro atoms. The molecule has 1 aliphatic rings. The largest absolute Gasteiger partial charge is 0.353 e. The summed E-state index contributed by atoms with van der Waals surface area (Å²) < 4.78 is 0. The van der Waals surface area contributed by atoms with E-state index in [1.807, 2.05) is 0 Å². The lowest BCUT2D eigenvalue weighted by Crippen LogP contribution is -2.49. The summed E-state index contributed by atoms with van der Waals surface area (Å²) in [7, 11) is 0. The highest BCUT2D eigenvalue weighted by Gasteiger charge is 2.23. The molecule has 0 aromatic carbocycles. The van der Waals surface area contributed by atoms with Crippen molar-refractivity contribution in [2.75, 3.05) is 19.6 Å². The Morgan fingerprint density at radius 1 is 1.30 bits per heavy atom. The lowest BCUT2D eigenvalue weighted by molar-refractivity contribution is -0.123. The summed E-state index contributed by atoms with van der Waals surface area (Å²) in [6.45, 7) is 8.78. The molecule has 0 aromatic heterocycles. The van der Waals surface area contributed by atoms with Gasteiger partial charge in [-0.15, -0.1) is 0 Å². The predicted molar refractivity (Wildman–Crippen MR) is 84.6 cm³/mol. The molecule has 0 aliphatic carbocycles. The molecule has 4 heteroatoms. The minimum absolute atomic E-state index is 0.155. The van der Waals surface area contributed by atoms with Crippen LogP contribution in [0.4, 0.5) is 0 Å². The molecule has 1 saturated heterocycles. The summed E-state index contributed by atoms with van der Waals surface area (Å²) in [6, 6.07) is 0.674. The van der Waals surface area contributed by atoms with E-state index in [0.29, 0.717) is 19.1 Å². The van der Waals surface area contributed by atoms with Crippen LogP contribution < -0.4 is 11.1 Å². The Kier molecular flexibility index (Phi) is 8.15. The van der Waals surface area contributed by atoms with Gasteiger partial charge in [-0.1, -0.05) is 33.1 Å². The van der Waals surface area contributed by atoms with E-state index in [1.165, 1.54) is 25.7 Å². The maximum Gasteiger partial charge on any atom is 0.234 e. The second kappa shape index (κ2) is 9.35. The molecule has 1 aliphatic heterocycles. The molecule has 0 radical (unpaired) electrons. The van der Waals surface area contributed by atoms with Crippen molar-refractivity contribution in [2.24, 2.45) is 11.7 Å². The molecule has 0 saturated carbocycles. The molecule has 118 valence electrons. The van der Waals surface area contributed by atoms with Crippen LogP contribution in [0, 0.1) is 5.92 Å². The van der Waals surface area contributed by atoms with Gasteiger partial charge in [-0.25, -0.2) is 0 Å². The Balaban J connectivity index is 2.24. The summed E-state index contributed by atoms with van der Waals surface area (Å²) in [6.07, 6.45) is 7.06. The molecule has 20 heavy (non-hydrogen) atoms. The number of amides is 1. The highest BCUT2D eigenvalue weighted by atomic mass is 16.2. The van der Waals surface area contributed by atoms with Gasteiger partial charge in [-0.05, 0) is 38.6 Å². The number of carbonyl (C=O) groups excluding carboxylic acids is 1. The smallest absolute Gasteiger partial charge is 0.234 e. The van der Waals surface area contributed by atoms with Gasteiger partial charge in [0.15, 0.2) is 0 Å². The zero-order chi connectivity index (χ0) is 15.0. The lowest BCUT2D eigenvalue weighted by Gasteiger charge is -2.34. The standard InChI is InChI=1S/C16H33N3O/c1-13(2)7-6-8-14(3)18-16(20)12-19-10-5-4-9-15(19)11-17/h13-15H,4-12,17H2,1-3H3,(H,18,20). The third-order valence-electron chi connectivity index (χ3n) is 4.19. The van der Waals surface area contributed by atoms with Gasteiger partial charge in [0.1, 0.15) is 0 Å². The first-order chi connectivity index (χ1) is 9.52. The third-order valence-corrected chi connectivity index (χ3v) is 4.19. The van der Waals surface area contributed by atoms with E-state index in [0.717, 1.165) is 25.3 Å². The molecular formula is C16H33N3O. The molecule has 3 N–H and O–H groups in total. The van der Waals surface area contributed by atoms with Crippen LogP contribution in [0.5, 0.6) is 0 Å². The molecular weight excluding hydrogens is 250 g/mol. The van der Waals surface area contributed by atoms with E-state index < -0.39 is 0 Å². The summed E-state index contributed by atoms with van der Waals surface area (Å²) in [5.74, 6) is 0.902. The molecule has 2 unspecified atom stereocenters. The van der Waals surface area contributed by atoms with Crippen LogP contribution in [0.2, 0.25) is 0 Å². The summed E-state index contributed by atoms with van der Waals surface area (Å²) >= 11 is 0. The minimum atomic E-state index is 0.155. The van der Waals surface area contributed by atoms with Gasteiger partial charge in [0.2, 0.25) is 5.91 Å². The molecule has 1 fully saturated rings. The van der Waals surface area contributed by atoms with Gasteiger partial charge < -0.3 is 11.1 Å². The van der Waals surface area contributed by atoms with Crippen molar-refractivity contribution >= 4 is 5.91 Å². The van der Waals surface area contributed by atoms with Crippen LogP contribution in [-0.4, -0.2) is 42.5 Å². The number of piperidine rings is 1. The number of nitrogens with two attached hydrogens (primary N) is 1. The van der Waals surface area contributed by atoms with Gasteiger partial charge in [0.25, 0.3) is 0 Å². The van der Waals surface area contributed by atoms with Gasteiger partial charge >= 0.3 is 0 Å². The van der Waals surface area contributed by atoms with E-state index in [9.17, 15) is 4.79 Å². The molecule has 1 rings (SSSR count). The lowest BCUT2D eigenvalue weighted by atomic mass is 10.0. The fourth-order valence-electron chi connectivity index (χ4n) is 2.94. The van der Waals surface area contributed by atoms with Gasteiger partial charge in [-0.3, -0.25) is 9.69 Å². The molecule has 4 nitrogen and oxygen atoms in total. The first-order valence-electron chi connectivity index (χ1n) is 8.26. The van der Waals surface area contributed by atoms with Crippen molar-refractivity contribution < 1.29 is 4.79 Å². The van der Waals surface area contributed by atoms with Crippen LogP contribution in [0.15, 0.2) is 0 Å². The quantitative estimate of drug-likeness (QED) is 0.717. The fourth-order valence-corrected chi connectivity index (χ4v) is 2.94. The monoisotopic (exact) mass is 283 g/mol. The Morgan fingerprint density at radius 3 is 2.70 bits per heavy atom. The highest BCUT2D eigenvalue weighted by molar-refractivity contribution is 5.78. The van der Waals surface area contributed by atoms with Crippen molar-refractivity contribution in [2.45, 2.75) is 71.4 Å². The van der Waals surface area contributed by atoms with E-state index >= 15 is 0 Å². The van der Waals surface area contributed by atoms with Crippen LogP contribution in [-0.2, 0) is 4.79 Å². The topological polar surface area (TPSA) is 58.4 Å². The van der Waals surface area contributed by atoms with E-state index in [1.54, 1.807) is 0 Å². The third kappa shape index (κ3) is 6.71. The second-order valence-corrected chi connectivity index (χ2v) is 6.65. The summed E-state index contributed by atoms with van der Waals surface area (Å²) in [4.78, 5) is 14.3. The Bertz CT molecular complexity index is 281. The van der Waals surface area contributed by atoms with Crippen LogP contribution in [0.25, 0.3) is 0 Å². The fraction of sp³-hybridized carbons (Fsp3) is 0.938. The molecule has 1 amide bonds. The number of nitrogens with one attached hydrogen (secondary N) is 1. The molecule has 0 bridgehead atoms. The highest BCUT2D eigenvalue weighted by Crippen LogP contribution is 2.15. The summed E-state index contributed by atoms with van der Waals surface area (Å²) in [5, 5.41) is 3.12. The number of rotatable bonds is 8. The number of hydrogen-bond acceptors (Lipinski definition) is 3. The van der Waals surface area contributed by atoms with Crippen molar-refractivity contribution in [3.63, 3.8) is 0 Å². The average Bonchev–Trinajstić information content (AvgIpc) is 2.38. The number of carbonyl (C=O) groups is 1. The van der Waals surface area contributed by atoms with Gasteiger partial charge in [0.05, 0.1) is 6.54 Å². The SMILES string of the molecule is CC(C)CCCC(C)NC(=O)CN1CCCCC1CN. The van der Waals surface area contributed by atoms with Crippen molar-refractivity contribution in [1.82, 2.24) is 10.2 Å².